The second-order valence-corrected chi connectivity index (χ2v) is 4.55. The Morgan fingerprint density at radius 1 is 1.19 bits per heavy atom. The molecule has 1 atom stereocenters. The van der Waals surface area contributed by atoms with Crippen LogP contribution in [0.15, 0.2) is 22.3 Å². The molecule has 0 aromatic carbocycles. The molecular weight excluding hydrogens is 204 g/mol. The van der Waals surface area contributed by atoms with Crippen LogP contribution in [0.4, 0.5) is 0 Å². The van der Waals surface area contributed by atoms with E-state index in [1.54, 1.807) is 0 Å². The van der Waals surface area contributed by atoms with Crippen molar-refractivity contribution in [1.29, 1.82) is 0 Å². The van der Waals surface area contributed by atoms with Crippen molar-refractivity contribution >= 4 is 5.97 Å². The molecule has 0 bridgehead atoms. The van der Waals surface area contributed by atoms with Crippen LogP contribution in [0.5, 0.6) is 0 Å². The largest absolute Gasteiger partial charge is 0.459 e. The summed E-state index contributed by atoms with van der Waals surface area (Å²) in [6.45, 7) is 10.9. The second kappa shape index (κ2) is 5.30. The average molecular weight is 224 g/mol. The molecule has 0 aromatic heterocycles. The first-order chi connectivity index (χ1) is 7.43. The summed E-state index contributed by atoms with van der Waals surface area (Å²) in [6.07, 6.45) is 0.120. The molecule has 3 heteroatoms. The van der Waals surface area contributed by atoms with Gasteiger partial charge in [-0.05, 0) is 40.2 Å². The monoisotopic (exact) mass is 224 g/mol. The van der Waals surface area contributed by atoms with Crippen LogP contribution in [0.25, 0.3) is 0 Å². The third-order valence-electron chi connectivity index (χ3n) is 2.63. The van der Waals surface area contributed by atoms with Crippen molar-refractivity contribution in [3.63, 3.8) is 0 Å². The van der Waals surface area contributed by atoms with Crippen LogP contribution in [-0.2, 0) is 14.3 Å². The molecule has 0 amide bonds. The van der Waals surface area contributed by atoms with Crippen LogP contribution in [0.2, 0.25) is 0 Å². The highest BCUT2D eigenvalue weighted by Crippen LogP contribution is 2.20. The highest BCUT2D eigenvalue weighted by Gasteiger charge is 2.25. The van der Waals surface area contributed by atoms with Crippen molar-refractivity contribution in [2.75, 3.05) is 13.2 Å². The van der Waals surface area contributed by atoms with Crippen molar-refractivity contribution in [2.24, 2.45) is 0 Å². The molecule has 0 aliphatic carbocycles. The summed E-state index contributed by atoms with van der Waals surface area (Å²) in [5, 5.41) is 0. The lowest BCUT2D eigenvalue weighted by Gasteiger charge is -2.11. The van der Waals surface area contributed by atoms with E-state index in [-0.39, 0.29) is 12.1 Å². The van der Waals surface area contributed by atoms with Crippen LogP contribution in [0, 0.1) is 0 Å². The Labute approximate surface area is 97.1 Å². The Balaban J connectivity index is 2.74. The summed E-state index contributed by atoms with van der Waals surface area (Å²) in [6, 6.07) is 0. The highest BCUT2D eigenvalue weighted by atomic mass is 16.6. The summed E-state index contributed by atoms with van der Waals surface area (Å²) < 4.78 is 10.2. The van der Waals surface area contributed by atoms with Gasteiger partial charge in [0.1, 0.15) is 12.7 Å². The Morgan fingerprint density at radius 3 is 2.12 bits per heavy atom. The number of hydrogen-bond acceptors (Lipinski definition) is 3. The van der Waals surface area contributed by atoms with E-state index >= 15 is 0 Å². The fraction of sp³-hybridized carbons (Fsp3) is 0.615. The molecule has 0 saturated carbocycles. The number of epoxide rings is 1. The van der Waals surface area contributed by atoms with Crippen molar-refractivity contribution in [3.8, 4) is 0 Å². The molecule has 0 N–H and O–H groups in total. The molecule has 0 spiro atoms. The van der Waals surface area contributed by atoms with Gasteiger partial charge >= 0.3 is 5.97 Å². The topological polar surface area (TPSA) is 38.8 Å². The predicted molar refractivity (Wildman–Crippen MR) is 63.1 cm³/mol. The maximum Gasteiger partial charge on any atom is 0.338 e. The lowest BCUT2D eigenvalue weighted by Crippen LogP contribution is -2.14. The maximum atomic E-state index is 11.9. The van der Waals surface area contributed by atoms with Crippen molar-refractivity contribution in [1.82, 2.24) is 0 Å². The van der Waals surface area contributed by atoms with E-state index in [2.05, 4.69) is 0 Å². The Bertz CT molecular complexity index is 338. The van der Waals surface area contributed by atoms with Crippen molar-refractivity contribution in [3.05, 3.63) is 22.3 Å². The minimum atomic E-state index is -0.241. The third kappa shape index (κ3) is 3.49. The van der Waals surface area contributed by atoms with Gasteiger partial charge in [-0.25, -0.2) is 4.79 Å². The van der Waals surface area contributed by atoms with Gasteiger partial charge in [0.25, 0.3) is 0 Å². The fourth-order valence-corrected chi connectivity index (χ4v) is 1.39. The molecule has 1 fully saturated rings. The first kappa shape index (κ1) is 13.0. The quantitative estimate of drug-likeness (QED) is 0.319. The van der Waals surface area contributed by atoms with Gasteiger partial charge in [-0.1, -0.05) is 11.1 Å². The average Bonchev–Trinajstić information content (AvgIpc) is 2.97. The zero-order chi connectivity index (χ0) is 12.3. The number of rotatable bonds is 4. The van der Waals surface area contributed by atoms with Crippen LogP contribution in [0.1, 0.15) is 34.6 Å². The normalized spacial score (nSPS) is 17.7. The summed E-state index contributed by atoms with van der Waals surface area (Å²) >= 11 is 0. The van der Waals surface area contributed by atoms with Gasteiger partial charge < -0.3 is 9.47 Å². The fourth-order valence-electron chi connectivity index (χ4n) is 1.39. The molecule has 16 heavy (non-hydrogen) atoms. The zero-order valence-electron chi connectivity index (χ0n) is 10.7. The first-order valence-electron chi connectivity index (χ1n) is 5.54. The summed E-state index contributed by atoms with van der Waals surface area (Å²) in [5.74, 6) is -0.241. The minimum Gasteiger partial charge on any atom is -0.459 e. The third-order valence-corrected chi connectivity index (χ3v) is 2.63. The molecule has 90 valence electrons. The number of allylic oxidation sites excluding steroid dienone is 2. The molecule has 1 rings (SSSR count). The second-order valence-electron chi connectivity index (χ2n) is 4.55. The number of ether oxygens (including phenoxy) is 2. The van der Waals surface area contributed by atoms with E-state index in [1.807, 2.05) is 34.6 Å². The molecule has 1 saturated heterocycles. The molecular formula is C13H20O3. The minimum absolute atomic E-state index is 0.120. The standard InChI is InChI=1S/C13H20O3/c1-8(2)10(5)12(9(3)4)13(14)16-7-11-6-15-11/h11H,6-7H2,1-5H3. The summed E-state index contributed by atoms with van der Waals surface area (Å²) in [7, 11) is 0. The van der Waals surface area contributed by atoms with Gasteiger partial charge in [0.05, 0.1) is 12.2 Å². The Morgan fingerprint density at radius 2 is 1.75 bits per heavy atom. The molecule has 1 aliphatic heterocycles. The molecule has 0 radical (unpaired) electrons. The van der Waals surface area contributed by atoms with E-state index in [0.717, 1.165) is 16.7 Å². The molecule has 1 heterocycles. The molecule has 1 unspecified atom stereocenters. The van der Waals surface area contributed by atoms with E-state index in [9.17, 15) is 4.79 Å². The molecule has 1 aliphatic rings. The molecule has 3 nitrogen and oxygen atoms in total. The number of hydrogen-bond donors (Lipinski definition) is 0. The Hall–Kier alpha value is -1.09. The first-order valence-corrected chi connectivity index (χ1v) is 5.54. The lowest BCUT2D eigenvalue weighted by atomic mass is 9.99. The van der Waals surface area contributed by atoms with Crippen LogP contribution in [0.3, 0.4) is 0 Å². The summed E-state index contributed by atoms with van der Waals surface area (Å²) in [5.41, 5.74) is 3.82. The van der Waals surface area contributed by atoms with Crippen LogP contribution in [-0.4, -0.2) is 25.3 Å². The summed E-state index contributed by atoms with van der Waals surface area (Å²) in [4.78, 5) is 11.9. The van der Waals surface area contributed by atoms with E-state index in [1.165, 1.54) is 0 Å². The van der Waals surface area contributed by atoms with E-state index in [4.69, 9.17) is 9.47 Å². The van der Waals surface area contributed by atoms with Crippen LogP contribution >= 0.6 is 0 Å². The van der Waals surface area contributed by atoms with Gasteiger partial charge in [-0.15, -0.1) is 0 Å². The number of esters is 1. The predicted octanol–water partition coefficient (Wildman–Crippen LogP) is 2.62. The number of carbonyl (C=O) groups excluding carboxylic acids is 1. The van der Waals surface area contributed by atoms with E-state index in [0.29, 0.717) is 18.8 Å². The van der Waals surface area contributed by atoms with Gasteiger partial charge in [0.2, 0.25) is 0 Å². The molecule has 0 aromatic rings. The lowest BCUT2D eigenvalue weighted by molar-refractivity contribution is -0.139. The van der Waals surface area contributed by atoms with E-state index < -0.39 is 0 Å². The van der Waals surface area contributed by atoms with Crippen molar-refractivity contribution < 1.29 is 14.3 Å². The SMILES string of the molecule is CC(C)=C(C)C(C(=O)OCC1CO1)=C(C)C. The van der Waals surface area contributed by atoms with Crippen molar-refractivity contribution in [2.45, 2.75) is 40.7 Å². The van der Waals surface area contributed by atoms with Gasteiger partial charge in [-0.2, -0.15) is 0 Å². The van der Waals surface area contributed by atoms with Crippen LogP contribution < -0.4 is 0 Å². The Kier molecular flexibility index (Phi) is 4.30. The smallest absolute Gasteiger partial charge is 0.338 e. The number of carbonyl (C=O) groups is 1. The maximum absolute atomic E-state index is 11.9. The van der Waals surface area contributed by atoms with Gasteiger partial charge in [0.15, 0.2) is 0 Å². The zero-order valence-corrected chi connectivity index (χ0v) is 10.7. The van der Waals surface area contributed by atoms with Gasteiger partial charge in [-0.3, -0.25) is 0 Å². The highest BCUT2D eigenvalue weighted by molar-refractivity contribution is 5.94. The van der Waals surface area contributed by atoms with Gasteiger partial charge in [0, 0.05) is 0 Å².